The Bertz CT molecular complexity index is 608. The highest BCUT2D eigenvalue weighted by Gasteiger charge is 2.26. The lowest BCUT2D eigenvalue weighted by Crippen LogP contribution is -2.05. The average molecular weight is 282 g/mol. The topological polar surface area (TPSA) is 86.7 Å². The van der Waals surface area contributed by atoms with Crippen LogP contribution >= 0.6 is 11.6 Å². The number of halogens is 1. The number of hydrogen-bond acceptors (Lipinski definition) is 5. The van der Waals surface area contributed by atoms with Crippen molar-refractivity contribution in [2.24, 2.45) is 0 Å². The van der Waals surface area contributed by atoms with Gasteiger partial charge in [-0.2, -0.15) is 5.10 Å². The molecule has 19 heavy (non-hydrogen) atoms. The van der Waals surface area contributed by atoms with Crippen LogP contribution in [0.1, 0.15) is 25.2 Å². The molecule has 2 aromatic heterocycles. The van der Waals surface area contributed by atoms with Crippen LogP contribution in [0.25, 0.3) is 5.82 Å². The number of aryl methyl sites for hydroxylation is 1. The molecule has 0 atom stereocenters. The fraction of sp³-hybridized carbons (Fsp3) is 0.364. The minimum absolute atomic E-state index is 0.0572. The maximum absolute atomic E-state index is 11.2. The molecule has 0 spiro atoms. The normalized spacial score (nSPS) is 10.7. The van der Waals surface area contributed by atoms with Gasteiger partial charge < -0.3 is 0 Å². The molecular formula is C11H12ClN5O2. The quantitative estimate of drug-likeness (QED) is 0.634. The third kappa shape index (κ3) is 2.41. The van der Waals surface area contributed by atoms with Crippen LogP contribution in [0.2, 0.25) is 5.15 Å². The smallest absolute Gasteiger partial charge is 0.258 e. The lowest BCUT2D eigenvalue weighted by Gasteiger charge is -2.02. The van der Waals surface area contributed by atoms with Gasteiger partial charge in [0.2, 0.25) is 0 Å². The number of aromatic nitrogens is 4. The third-order valence-corrected chi connectivity index (χ3v) is 2.91. The monoisotopic (exact) mass is 281 g/mol. The van der Waals surface area contributed by atoms with Gasteiger partial charge >= 0.3 is 5.69 Å². The zero-order chi connectivity index (χ0) is 14.0. The van der Waals surface area contributed by atoms with Crippen molar-refractivity contribution in [1.82, 2.24) is 20.0 Å². The molecule has 2 rings (SSSR count). The van der Waals surface area contributed by atoms with Crippen LogP contribution in [-0.2, 0) is 12.8 Å². The summed E-state index contributed by atoms with van der Waals surface area (Å²) in [4.78, 5) is 10.8. The predicted molar refractivity (Wildman–Crippen MR) is 69.6 cm³/mol. The van der Waals surface area contributed by atoms with E-state index in [9.17, 15) is 10.1 Å². The second kappa shape index (κ2) is 5.31. The molecule has 0 saturated heterocycles. The number of rotatable bonds is 4. The highest BCUT2D eigenvalue weighted by molar-refractivity contribution is 6.29. The first-order valence-electron chi connectivity index (χ1n) is 5.83. The van der Waals surface area contributed by atoms with Crippen molar-refractivity contribution >= 4 is 17.3 Å². The summed E-state index contributed by atoms with van der Waals surface area (Å²) < 4.78 is 1.46. The Morgan fingerprint density at radius 2 is 2.05 bits per heavy atom. The Morgan fingerprint density at radius 3 is 2.53 bits per heavy atom. The Labute approximate surface area is 114 Å². The van der Waals surface area contributed by atoms with Crippen LogP contribution in [0.5, 0.6) is 0 Å². The van der Waals surface area contributed by atoms with Gasteiger partial charge in [0.25, 0.3) is 0 Å². The van der Waals surface area contributed by atoms with Gasteiger partial charge in [-0.15, -0.1) is 10.2 Å². The first-order chi connectivity index (χ1) is 9.08. The maximum atomic E-state index is 11.2. The number of nitro groups is 1. The van der Waals surface area contributed by atoms with Crippen LogP contribution in [0, 0.1) is 10.1 Å². The standard InChI is InChI=1S/C11H12ClN5O2/c1-3-7-11(17(18)19)8(4-2)16(15-7)10-6-5-9(12)13-14-10/h5-6H,3-4H2,1-2H3. The maximum Gasteiger partial charge on any atom is 0.313 e. The van der Waals surface area contributed by atoms with Crippen LogP contribution < -0.4 is 0 Å². The van der Waals surface area contributed by atoms with Crippen molar-refractivity contribution in [1.29, 1.82) is 0 Å². The highest BCUT2D eigenvalue weighted by Crippen LogP contribution is 2.26. The summed E-state index contributed by atoms with van der Waals surface area (Å²) in [5.41, 5.74) is 1.01. The average Bonchev–Trinajstić information content (AvgIpc) is 2.78. The molecule has 0 aliphatic carbocycles. The minimum Gasteiger partial charge on any atom is -0.258 e. The summed E-state index contributed by atoms with van der Waals surface area (Å²) in [5.74, 6) is 0.420. The van der Waals surface area contributed by atoms with Crippen molar-refractivity contribution < 1.29 is 4.92 Å². The molecule has 0 unspecified atom stereocenters. The molecule has 0 radical (unpaired) electrons. The minimum atomic E-state index is -0.398. The van der Waals surface area contributed by atoms with E-state index in [1.807, 2.05) is 13.8 Å². The molecule has 0 saturated carbocycles. The first kappa shape index (κ1) is 13.4. The molecule has 0 N–H and O–H groups in total. The van der Waals surface area contributed by atoms with Crippen LogP contribution in [0.3, 0.4) is 0 Å². The van der Waals surface area contributed by atoms with Gasteiger partial charge in [-0.3, -0.25) is 10.1 Å². The van der Waals surface area contributed by atoms with Crippen LogP contribution in [0.4, 0.5) is 5.69 Å². The van der Waals surface area contributed by atoms with E-state index in [0.29, 0.717) is 30.0 Å². The molecule has 2 heterocycles. The van der Waals surface area contributed by atoms with E-state index >= 15 is 0 Å². The Kier molecular flexibility index (Phi) is 3.75. The van der Waals surface area contributed by atoms with Crippen LogP contribution in [0.15, 0.2) is 12.1 Å². The van der Waals surface area contributed by atoms with E-state index in [-0.39, 0.29) is 10.8 Å². The molecule has 0 fully saturated rings. The molecule has 0 bridgehead atoms. The van der Waals surface area contributed by atoms with Crippen molar-refractivity contribution in [2.75, 3.05) is 0 Å². The molecular weight excluding hydrogens is 270 g/mol. The second-order valence-electron chi connectivity index (χ2n) is 3.83. The summed E-state index contributed by atoms with van der Waals surface area (Å²) in [7, 11) is 0. The Balaban J connectivity index is 2.63. The van der Waals surface area contributed by atoms with Gasteiger partial charge in [0.15, 0.2) is 11.0 Å². The molecule has 100 valence electrons. The van der Waals surface area contributed by atoms with Gasteiger partial charge in [0.1, 0.15) is 11.4 Å². The lowest BCUT2D eigenvalue weighted by molar-refractivity contribution is -0.386. The fourth-order valence-electron chi connectivity index (χ4n) is 1.87. The van der Waals surface area contributed by atoms with Crippen molar-refractivity contribution in [3.8, 4) is 5.82 Å². The predicted octanol–water partition coefficient (Wildman–Crippen LogP) is 2.35. The van der Waals surface area contributed by atoms with Crippen molar-refractivity contribution in [2.45, 2.75) is 26.7 Å². The molecule has 8 heteroatoms. The molecule has 0 aliphatic rings. The number of hydrogen-bond donors (Lipinski definition) is 0. The molecule has 0 aromatic carbocycles. The summed E-state index contributed by atoms with van der Waals surface area (Å²) in [6.07, 6.45) is 0.963. The fourth-order valence-corrected chi connectivity index (χ4v) is 1.97. The summed E-state index contributed by atoms with van der Waals surface area (Å²) in [5, 5.41) is 23.3. The van der Waals surface area contributed by atoms with Gasteiger partial charge in [-0.1, -0.05) is 25.4 Å². The SMILES string of the molecule is CCc1nn(-c2ccc(Cl)nn2)c(CC)c1[N+](=O)[O-]. The molecule has 2 aromatic rings. The van der Waals surface area contributed by atoms with E-state index in [1.165, 1.54) is 4.68 Å². The Morgan fingerprint density at radius 1 is 1.32 bits per heavy atom. The van der Waals surface area contributed by atoms with Gasteiger partial charge in [-0.25, -0.2) is 4.68 Å². The zero-order valence-corrected chi connectivity index (χ0v) is 11.3. The molecule has 0 amide bonds. The molecule has 7 nitrogen and oxygen atoms in total. The Hall–Kier alpha value is -2.02. The van der Waals surface area contributed by atoms with E-state index < -0.39 is 4.92 Å². The highest BCUT2D eigenvalue weighted by atomic mass is 35.5. The number of nitrogens with zero attached hydrogens (tertiary/aromatic N) is 5. The van der Waals surface area contributed by atoms with E-state index in [2.05, 4.69) is 15.3 Å². The van der Waals surface area contributed by atoms with Gasteiger partial charge in [0, 0.05) is 0 Å². The van der Waals surface area contributed by atoms with E-state index in [4.69, 9.17) is 11.6 Å². The van der Waals surface area contributed by atoms with Gasteiger partial charge in [0.05, 0.1) is 4.92 Å². The lowest BCUT2D eigenvalue weighted by atomic mass is 10.2. The van der Waals surface area contributed by atoms with Crippen molar-refractivity contribution in [3.05, 3.63) is 38.8 Å². The third-order valence-electron chi connectivity index (χ3n) is 2.71. The summed E-state index contributed by atoms with van der Waals surface area (Å²) in [6, 6.07) is 3.20. The van der Waals surface area contributed by atoms with Gasteiger partial charge in [-0.05, 0) is 25.0 Å². The van der Waals surface area contributed by atoms with Crippen LogP contribution in [-0.4, -0.2) is 24.9 Å². The summed E-state index contributed by atoms with van der Waals surface area (Å²) in [6.45, 7) is 3.66. The van der Waals surface area contributed by atoms with Crippen molar-refractivity contribution in [3.63, 3.8) is 0 Å². The molecule has 0 aliphatic heterocycles. The second-order valence-corrected chi connectivity index (χ2v) is 4.22. The zero-order valence-electron chi connectivity index (χ0n) is 10.5. The van der Waals surface area contributed by atoms with E-state index in [0.717, 1.165) is 0 Å². The van der Waals surface area contributed by atoms with E-state index in [1.54, 1.807) is 12.1 Å². The first-order valence-corrected chi connectivity index (χ1v) is 6.21. The summed E-state index contributed by atoms with van der Waals surface area (Å²) >= 11 is 5.68. The largest absolute Gasteiger partial charge is 0.313 e.